The van der Waals surface area contributed by atoms with Crippen LogP contribution in [0.25, 0.3) is 0 Å². The van der Waals surface area contributed by atoms with Crippen LogP contribution in [-0.4, -0.2) is 24.4 Å². The second-order valence-electron chi connectivity index (χ2n) is 2.59. The normalized spacial score (nSPS) is 23.2. The number of hydrogen-bond donors (Lipinski definition) is 1. The molecular formula is C6H11F3N2. The van der Waals surface area contributed by atoms with Crippen LogP contribution in [0.1, 0.15) is 19.3 Å². The van der Waals surface area contributed by atoms with Gasteiger partial charge in [0.15, 0.2) is 0 Å². The van der Waals surface area contributed by atoms with Crippen LogP contribution in [0.5, 0.6) is 0 Å². The molecule has 66 valence electrons. The first-order valence-electron chi connectivity index (χ1n) is 3.68. The van der Waals surface area contributed by atoms with Crippen molar-refractivity contribution in [1.82, 2.24) is 10.4 Å². The van der Waals surface area contributed by atoms with E-state index in [1.807, 2.05) is 0 Å². The van der Waals surface area contributed by atoms with Gasteiger partial charge in [-0.2, -0.15) is 18.2 Å². The van der Waals surface area contributed by atoms with Crippen molar-refractivity contribution in [2.75, 3.05) is 13.1 Å². The van der Waals surface area contributed by atoms with E-state index in [1.165, 1.54) is 0 Å². The summed E-state index contributed by atoms with van der Waals surface area (Å²) in [6, 6.07) is 0. The molecule has 0 atom stereocenters. The molecule has 0 saturated carbocycles. The number of nitrogens with zero attached hydrogens (tertiary/aromatic N) is 1. The zero-order valence-electron chi connectivity index (χ0n) is 6.12. The fourth-order valence-electron chi connectivity index (χ4n) is 1.08. The molecule has 0 aromatic heterocycles. The van der Waals surface area contributed by atoms with Gasteiger partial charge in [0.1, 0.15) is 0 Å². The van der Waals surface area contributed by atoms with Crippen LogP contribution in [0.2, 0.25) is 0 Å². The van der Waals surface area contributed by atoms with Crippen molar-refractivity contribution in [3.63, 3.8) is 0 Å². The van der Waals surface area contributed by atoms with Gasteiger partial charge in [0, 0.05) is 13.1 Å². The van der Waals surface area contributed by atoms with E-state index in [1.54, 1.807) is 0 Å². The van der Waals surface area contributed by atoms with Crippen LogP contribution < -0.4 is 5.43 Å². The first-order chi connectivity index (χ1) is 5.11. The van der Waals surface area contributed by atoms with Gasteiger partial charge in [-0.05, 0) is 12.8 Å². The van der Waals surface area contributed by atoms with Crippen LogP contribution in [0.4, 0.5) is 13.2 Å². The molecule has 1 fully saturated rings. The Bertz CT molecular complexity index is 115. The fraction of sp³-hybridized carbons (Fsp3) is 1.00. The molecule has 1 N–H and O–H groups in total. The maximum atomic E-state index is 12.0. The molecule has 0 bridgehead atoms. The van der Waals surface area contributed by atoms with Gasteiger partial charge in [0.2, 0.25) is 0 Å². The van der Waals surface area contributed by atoms with Gasteiger partial charge in [-0.3, -0.25) is 0 Å². The van der Waals surface area contributed by atoms with E-state index in [-0.39, 0.29) is 6.54 Å². The summed E-state index contributed by atoms with van der Waals surface area (Å²) in [5, 5.41) is 0.361. The molecule has 0 amide bonds. The maximum Gasteiger partial charge on any atom is 0.473 e. The van der Waals surface area contributed by atoms with E-state index >= 15 is 0 Å². The Hall–Kier alpha value is -0.290. The van der Waals surface area contributed by atoms with Gasteiger partial charge in [0.05, 0.1) is 0 Å². The molecule has 0 aromatic carbocycles. The first kappa shape index (κ1) is 8.80. The summed E-state index contributed by atoms with van der Waals surface area (Å²) in [4.78, 5) is 0. The predicted octanol–water partition coefficient (Wildman–Crippen LogP) is 1.50. The molecule has 11 heavy (non-hydrogen) atoms. The lowest BCUT2D eigenvalue weighted by Crippen LogP contribution is -2.47. The number of alkyl halides is 3. The lowest BCUT2D eigenvalue weighted by Gasteiger charge is -2.22. The molecule has 0 radical (unpaired) electrons. The molecule has 1 saturated heterocycles. The minimum atomic E-state index is -4.22. The largest absolute Gasteiger partial charge is 0.473 e. The van der Waals surface area contributed by atoms with E-state index in [2.05, 4.69) is 5.43 Å². The summed E-state index contributed by atoms with van der Waals surface area (Å²) in [5.74, 6) is 0. The molecule has 1 aliphatic rings. The highest BCUT2D eigenvalue weighted by Gasteiger charge is 2.37. The highest BCUT2D eigenvalue weighted by Crippen LogP contribution is 2.20. The highest BCUT2D eigenvalue weighted by atomic mass is 19.4. The van der Waals surface area contributed by atoms with Crippen molar-refractivity contribution in [3.8, 4) is 0 Å². The van der Waals surface area contributed by atoms with Gasteiger partial charge < -0.3 is 0 Å². The number of halogens is 3. The Labute approximate surface area is 63.3 Å². The Kier molecular flexibility index (Phi) is 2.72. The minimum absolute atomic E-state index is 0.0729. The van der Waals surface area contributed by atoms with E-state index in [9.17, 15) is 13.2 Å². The summed E-state index contributed by atoms with van der Waals surface area (Å²) in [7, 11) is 0. The number of rotatable bonds is 0. The summed E-state index contributed by atoms with van der Waals surface area (Å²) in [6.45, 7) is 0.503. The van der Waals surface area contributed by atoms with E-state index in [0.29, 0.717) is 18.0 Å². The first-order valence-corrected chi connectivity index (χ1v) is 3.68. The molecule has 1 aliphatic heterocycles. The summed E-state index contributed by atoms with van der Waals surface area (Å²) in [6.07, 6.45) is -1.90. The molecule has 0 spiro atoms. The van der Waals surface area contributed by atoms with Crippen LogP contribution >= 0.6 is 0 Å². The lowest BCUT2D eigenvalue weighted by molar-refractivity contribution is -0.262. The number of hydrogen-bond acceptors (Lipinski definition) is 2. The van der Waals surface area contributed by atoms with Crippen LogP contribution in [0.3, 0.4) is 0 Å². The summed E-state index contributed by atoms with van der Waals surface area (Å²) < 4.78 is 36.0. The second-order valence-corrected chi connectivity index (χ2v) is 2.59. The van der Waals surface area contributed by atoms with Crippen LogP contribution in [0.15, 0.2) is 0 Å². The smallest absolute Gasteiger partial charge is 0.248 e. The molecule has 2 nitrogen and oxygen atoms in total. The second kappa shape index (κ2) is 3.40. The van der Waals surface area contributed by atoms with Gasteiger partial charge >= 0.3 is 6.30 Å². The molecule has 1 heterocycles. The Morgan fingerprint density at radius 1 is 1.09 bits per heavy atom. The van der Waals surface area contributed by atoms with Crippen molar-refractivity contribution >= 4 is 0 Å². The fourth-order valence-corrected chi connectivity index (χ4v) is 1.08. The zero-order chi connectivity index (χ0) is 8.32. The molecule has 0 aromatic rings. The summed E-state index contributed by atoms with van der Waals surface area (Å²) >= 11 is 0. The van der Waals surface area contributed by atoms with E-state index in [4.69, 9.17) is 0 Å². The van der Waals surface area contributed by atoms with E-state index < -0.39 is 6.30 Å². The van der Waals surface area contributed by atoms with Crippen molar-refractivity contribution in [1.29, 1.82) is 0 Å². The molecule has 0 aliphatic carbocycles. The third kappa shape index (κ3) is 2.67. The van der Waals surface area contributed by atoms with Gasteiger partial charge in [0.25, 0.3) is 0 Å². The predicted molar refractivity (Wildman–Crippen MR) is 34.6 cm³/mol. The Morgan fingerprint density at radius 2 is 1.82 bits per heavy atom. The number of nitrogens with one attached hydrogen (secondary N) is 1. The molecular weight excluding hydrogens is 157 g/mol. The van der Waals surface area contributed by atoms with Crippen molar-refractivity contribution in [3.05, 3.63) is 0 Å². The Balaban J connectivity index is 2.43. The number of hydrazine groups is 1. The zero-order valence-corrected chi connectivity index (χ0v) is 6.12. The monoisotopic (exact) mass is 168 g/mol. The van der Waals surface area contributed by atoms with Crippen molar-refractivity contribution in [2.24, 2.45) is 0 Å². The van der Waals surface area contributed by atoms with Crippen LogP contribution in [0, 0.1) is 0 Å². The minimum Gasteiger partial charge on any atom is -0.248 e. The third-order valence-corrected chi connectivity index (χ3v) is 1.67. The SMILES string of the molecule is FC(F)(F)N1CCCCCN1. The topological polar surface area (TPSA) is 15.3 Å². The molecule has 1 rings (SSSR count). The average Bonchev–Trinajstić information content (AvgIpc) is 2.10. The third-order valence-electron chi connectivity index (χ3n) is 1.67. The molecule has 5 heteroatoms. The maximum absolute atomic E-state index is 12.0. The molecule has 0 unspecified atom stereocenters. The highest BCUT2D eigenvalue weighted by molar-refractivity contribution is 4.60. The summed E-state index contributed by atoms with van der Waals surface area (Å²) in [5.41, 5.74) is 2.33. The van der Waals surface area contributed by atoms with Gasteiger partial charge in [-0.15, -0.1) is 0 Å². The lowest BCUT2D eigenvalue weighted by atomic mass is 10.2. The van der Waals surface area contributed by atoms with Crippen molar-refractivity contribution < 1.29 is 13.2 Å². The quantitative estimate of drug-likeness (QED) is 0.551. The van der Waals surface area contributed by atoms with Gasteiger partial charge in [-0.25, -0.2) is 5.43 Å². The van der Waals surface area contributed by atoms with Crippen molar-refractivity contribution in [2.45, 2.75) is 25.6 Å². The van der Waals surface area contributed by atoms with Crippen LogP contribution in [-0.2, 0) is 0 Å². The Morgan fingerprint density at radius 3 is 2.45 bits per heavy atom. The average molecular weight is 168 g/mol. The standard InChI is InChI=1S/C6H11F3N2/c7-6(8,9)11-5-3-1-2-4-10-11/h10H,1-5H2. The van der Waals surface area contributed by atoms with Gasteiger partial charge in [-0.1, -0.05) is 6.42 Å². The van der Waals surface area contributed by atoms with E-state index in [0.717, 1.165) is 12.8 Å².